The van der Waals surface area contributed by atoms with E-state index in [9.17, 15) is 4.79 Å². The second-order valence-corrected chi connectivity index (χ2v) is 6.20. The largest absolute Gasteiger partial charge is 0.360 e. The molecule has 1 N–H and O–H groups in total. The number of carbonyl (C=O) groups is 1. The molecule has 6 heteroatoms. The number of thiazole rings is 1. The van der Waals surface area contributed by atoms with E-state index in [4.69, 9.17) is 4.52 Å². The first-order valence-corrected chi connectivity index (χ1v) is 7.52. The second kappa shape index (κ2) is 6.17. The Labute approximate surface area is 122 Å². The van der Waals surface area contributed by atoms with Gasteiger partial charge in [0.05, 0.1) is 17.2 Å². The average Bonchev–Trinajstić information content (AvgIpc) is 3.02. The third-order valence-corrected chi connectivity index (χ3v) is 3.97. The van der Waals surface area contributed by atoms with Crippen LogP contribution < -0.4 is 5.32 Å². The molecular weight excluding hydrogens is 274 g/mol. The lowest BCUT2D eigenvalue weighted by Gasteiger charge is -2.01. The van der Waals surface area contributed by atoms with Gasteiger partial charge in [0.1, 0.15) is 5.76 Å². The van der Waals surface area contributed by atoms with Crippen molar-refractivity contribution in [1.82, 2.24) is 15.5 Å². The molecule has 0 atom stereocenters. The molecule has 0 radical (unpaired) electrons. The van der Waals surface area contributed by atoms with Crippen molar-refractivity contribution in [2.24, 2.45) is 0 Å². The molecule has 0 spiro atoms. The van der Waals surface area contributed by atoms with E-state index in [1.165, 1.54) is 0 Å². The van der Waals surface area contributed by atoms with Gasteiger partial charge in [-0.1, -0.05) is 25.9 Å². The van der Waals surface area contributed by atoms with E-state index < -0.39 is 0 Å². The molecule has 2 aromatic heterocycles. The SMILES string of the molecule is CCc1nc(C)sc1CNC(=O)c1cc(C(C)C)on1. The van der Waals surface area contributed by atoms with Crippen molar-refractivity contribution in [2.75, 3.05) is 0 Å². The summed E-state index contributed by atoms with van der Waals surface area (Å²) in [5.74, 6) is 0.728. The molecule has 0 aliphatic heterocycles. The van der Waals surface area contributed by atoms with Gasteiger partial charge >= 0.3 is 0 Å². The maximum absolute atomic E-state index is 12.0. The van der Waals surface area contributed by atoms with E-state index in [0.29, 0.717) is 12.2 Å². The Balaban J connectivity index is 2.00. The standard InChI is InChI=1S/C14H19N3O2S/c1-5-10-13(20-9(4)16-10)7-15-14(18)11-6-12(8(2)3)19-17-11/h6,8H,5,7H2,1-4H3,(H,15,18). The van der Waals surface area contributed by atoms with Crippen LogP contribution in [0.4, 0.5) is 0 Å². The zero-order valence-corrected chi connectivity index (χ0v) is 13.0. The quantitative estimate of drug-likeness (QED) is 0.920. The zero-order chi connectivity index (χ0) is 14.7. The van der Waals surface area contributed by atoms with E-state index in [0.717, 1.165) is 27.8 Å². The summed E-state index contributed by atoms with van der Waals surface area (Å²) in [6.45, 7) is 8.51. The summed E-state index contributed by atoms with van der Waals surface area (Å²) >= 11 is 1.62. The smallest absolute Gasteiger partial charge is 0.273 e. The van der Waals surface area contributed by atoms with Gasteiger partial charge in [-0.25, -0.2) is 4.98 Å². The summed E-state index contributed by atoms with van der Waals surface area (Å²) < 4.78 is 5.13. The highest BCUT2D eigenvalue weighted by Crippen LogP contribution is 2.19. The van der Waals surface area contributed by atoms with Gasteiger partial charge in [-0.05, 0) is 13.3 Å². The van der Waals surface area contributed by atoms with Crippen molar-refractivity contribution in [1.29, 1.82) is 0 Å². The zero-order valence-electron chi connectivity index (χ0n) is 12.2. The summed E-state index contributed by atoms with van der Waals surface area (Å²) in [4.78, 5) is 17.6. The van der Waals surface area contributed by atoms with Gasteiger partial charge in [-0.2, -0.15) is 0 Å². The van der Waals surface area contributed by atoms with Crippen LogP contribution in [0.1, 0.15) is 58.5 Å². The highest BCUT2D eigenvalue weighted by molar-refractivity contribution is 7.11. The van der Waals surface area contributed by atoms with Gasteiger partial charge in [0.15, 0.2) is 5.69 Å². The minimum absolute atomic E-state index is 0.214. The van der Waals surface area contributed by atoms with Crippen LogP contribution in [-0.2, 0) is 13.0 Å². The van der Waals surface area contributed by atoms with Crippen LogP contribution >= 0.6 is 11.3 Å². The molecular formula is C14H19N3O2S. The molecule has 2 rings (SSSR count). The number of hydrogen-bond acceptors (Lipinski definition) is 5. The van der Waals surface area contributed by atoms with Crippen molar-refractivity contribution in [3.8, 4) is 0 Å². The van der Waals surface area contributed by atoms with Crippen LogP contribution in [0, 0.1) is 6.92 Å². The van der Waals surface area contributed by atoms with Crippen LogP contribution in [0.2, 0.25) is 0 Å². The number of hydrogen-bond donors (Lipinski definition) is 1. The molecule has 20 heavy (non-hydrogen) atoms. The number of aryl methyl sites for hydroxylation is 2. The minimum atomic E-state index is -0.214. The Kier molecular flexibility index (Phi) is 4.54. The summed E-state index contributed by atoms with van der Waals surface area (Å²) in [6.07, 6.45) is 0.872. The molecule has 5 nitrogen and oxygen atoms in total. The molecule has 0 aromatic carbocycles. The number of aromatic nitrogens is 2. The van der Waals surface area contributed by atoms with Gasteiger partial charge < -0.3 is 9.84 Å². The number of amides is 1. The third kappa shape index (κ3) is 3.25. The Morgan fingerprint density at radius 3 is 2.85 bits per heavy atom. The summed E-state index contributed by atoms with van der Waals surface area (Å²) in [7, 11) is 0. The highest BCUT2D eigenvalue weighted by Gasteiger charge is 2.15. The first-order valence-electron chi connectivity index (χ1n) is 6.71. The molecule has 2 aromatic rings. The van der Waals surface area contributed by atoms with Gasteiger partial charge in [-0.3, -0.25) is 4.79 Å². The Morgan fingerprint density at radius 2 is 2.25 bits per heavy atom. The van der Waals surface area contributed by atoms with Gasteiger partial charge in [0.25, 0.3) is 5.91 Å². The summed E-state index contributed by atoms with van der Waals surface area (Å²) in [5, 5.41) is 7.69. The number of carbonyl (C=O) groups excluding carboxylic acids is 1. The maximum Gasteiger partial charge on any atom is 0.273 e. The summed E-state index contributed by atoms with van der Waals surface area (Å²) in [6, 6.07) is 1.69. The van der Waals surface area contributed by atoms with E-state index >= 15 is 0 Å². The first-order chi connectivity index (χ1) is 9.51. The van der Waals surface area contributed by atoms with Crippen LogP contribution in [0.5, 0.6) is 0 Å². The van der Waals surface area contributed by atoms with E-state index in [1.807, 2.05) is 20.8 Å². The predicted octanol–water partition coefficient (Wildman–Crippen LogP) is 3.06. The molecule has 1 amide bonds. The van der Waals surface area contributed by atoms with Crippen LogP contribution in [0.25, 0.3) is 0 Å². The fraction of sp³-hybridized carbons (Fsp3) is 0.500. The number of rotatable bonds is 5. The Bertz CT molecular complexity index is 601. The van der Waals surface area contributed by atoms with Crippen molar-refractivity contribution in [2.45, 2.75) is 46.6 Å². The van der Waals surface area contributed by atoms with Gasteiger partial charge in [0.2, 0.25) is 0 Å². The normalized spacial score (nSPS) is 11.1. The molecule has 0 unspecified atom stereocenters. The molecule has 0 bridgehead atoms. The Morgan fingerprint density at radius 1 is 1.50 bits per heavy atom. The van der Waals surface area contributed by atoms with Crippen LogP contribution in [0.3, 0.4) is 0 Å². The first kappa shape index (κ1) is 14.7. The van der Waals surface area contributed by atoms with Crippen molar-refractivity contribution in [3.63, 3.8) is 0 Å². The van der Waals surface area contributed by atoms with E-state index in [2.05, 4.69) is 22.4 Å². The molecule has 0 fully saturated rings. The minimum Gasteiger partial charge on any atom is -0.360 e. The molecule has 108 valence electrons. The van der Waals surface area contributed by atoms with E-state index in [-0.39, 0.29) is 11.8 Å². The summed E-state index contributed by atoms with van der Waals surface area (Å²) in [5.41, 5.74) is 1.38. The molecule has 0 saturated heterocycles. The number of nitrogens with zero attached hydrogens (tertiary/aromatic N) is 2. The number of nitrogens with one attached hydrogen (secondary N) is 1. The lowest BCUT2D eigenvalue weighted by atomic mass is 10.1. The predicted molar refractivity (Wildman–Crippen MR) is 78.0 cm³/mol. The van der Waals surface area contributed by atoms with Crippen molar-refractivity contribution >= 4 is 17.2 Å². The lowest BCUT2D eigenvalue weighted by Crippen LogP contribution is -2.23. The molecule has 2 heterocycles. The third-order valence-electron chi connectivity index (χ3n) is 2.96. The monoisotopic (exact) mass is 293 g/mol. The Hall–Kier alpha value is -1.69. The van der Waals surface area contributed by atoms with Gasteiger partial charge in [0, 0.05) is 16.9 Å². The van der Waals surface area contributed by atoms with Crippen molar-refractivity contribution < 1.29 is 9.32 Å². The topological polar surface area (TPSA) is 68.0 Å². The highest BCUT2D eigenvalue weighted by atomic mass is 32.1. The van der Waals surface area contributed by atoms with Gasteiger partial charge in [-0.15, -0.1) is 11.3 Å². The lowest BCUT2D eigenvalue weighted by molar-refractivity contribution is 0.0942. The van der Waals surface area contributed by atoms with Crippen LogP contribution in [-0.4, -0.2) is 16.0 Å². The molecule has 0 aliphatic carbocycles. The molecule has 0 saturated carbocycles. The van der Waals surface area contributed by atoms with E-state index in [1.54, 1.807) is 17.4 Å². The second-order valence-electron chi connectivity index (χ2n) is 4.91. The fourth-order valence-corrected chi connectivity index (χ4v) is 2.81. The molecule has 0 aliphatic rings. The maximum atomic E-state index is 12.0. The van der Waals surface area contributed by atoms with Crippen molar-refractivity contribution in [3.05, 3.63) is 33.1 Å². The fourth-order valence-electron chi connectivity index (χ4n) is 1.85. The average molecular weight is 293 g/mol. The van der Waals surface area contributed by atoms with Crippen LogP contribution in [0.15, 0.2) is 10.6 Å².